The molecule has 0 aromatic carbocycles. The van der Waals surface area contributed by atoms with Crippen molar-refractivity contribution >= 4 is 28.5 Å². The van der Waals surface area contributed by atoms with Crippen molar-refractivity contribution in [1.82, 2.24) is 9.27 Å². The van der Waals surface area contributed by atoms with E-state index in [0.29, 0.717) is 32.0 Å². The SMILES string of the molecule is Cc1nsc(NC(=O)N2CCOCC2)c1C(=O)O. The summed E-state index contributed by atoms with van der Waals surface area (Å²) >= 11 is 0.976. The van der Waals surface area contributed by atoms with Crippen LogP contribution in [0.2, 0.25) is 0 Å². The number of hydrogen-bond acceptors (Lipinski definition) is 5. The molecule has 2 rings (SSSR count). The smallest absolute Gasteiger partial charge is 0.340 e. The molecule has 98 valence electrons. The molecule has 0 aliphatic carbocycles. The number of aromatic nitrogens is 1. The van der Waals surface area contributed by atoms with Crippen molar-refractivity contribution in [3.63, 3.8) is 0 Å². The van der Waals surface area contributed by atoms with Gasteiger partial charge in [0.05, 0.1) is 18.9 Å². The van der Waals surface area contributed by atoms with Crippen LogP contribution in [0, 0.1) is 6.92 Å². The van der Waals surface area contributed by atoms with Crippen molar-refractivity contribution in [2.75, 3.05) is 31.6 Å². The van der Waals surface area contributed by atoms with Gasteiger partial charge in [-0.15, -0.1) is 0 Å². The van der Waals surface area contributed by atoms with Crippen molar-refractivity contribution in [2.45, 2.75) is 6.92 Å². The number of aromatic carboxylic acids is 1. The first-order valence-corrected chi connectivity index (χ1v) is 6.20. The predicted molar refractivity (Wildman–Crippen MR) is 65.2 cm³/mol. The number of morpholine rings is 1. The molecule has 1 aliphatic rings. The lowest BCUT2D eigenvalue weighted by Gasteiger charge is -2.26. The second-order valence-corrected chi connectivity index (χ2v) is 4.58. The van der Waals surface area contributed by atoms with E-state index in [1.54, 1.807) is 11.8 Å². The minimum atomic E-state index is -1.08. The van der Waals surface area contributed by atoms with Crippen LogP contribution >= 0.6 is 11.5 Å². The normalized spacial score (nSPS) is 15.5. The number of aryl methyl sites for hydroxylation is 1. The van der Waals surface area contributed by atoms with Crippen LogP contribution in [0.4, 0.5) is 9.80 Å². The molecule has 0 spiro atoms. The Morgan fingerprint density at radius 1 is 1.44 bits per heavy atom. The van der Waals surface area contributed by atoms with Crippen molar-refractivity contribution in [1.29, 1.82) is 0 Å². The Kier molecular flexibility index (Phi) is 3.78. The number of carbonyl (C=O) groups is 2. The minimum Gasteiger partial charge on any atom is -0.478 e. The molecule has 0 unspecified atom stereocenters. The number of rotatable bonds is 2. The van der Waals surface area contributed by atoms with E-state index in [1.807, 2.05) is 0 Å². The number of anilines is 1. The number of nitrogens with one attached hydrogen (secondary N) is 1. The van der Waals surface area contributed by atoms with Gasteiger partial charge in [0.2, 0.25) is 0 Å². The highest BCUT2D eigenvalue weighted by molar-refractivity contribution is 7.11. The molecular weight excluding hydrogens is 258 g/mol. The predicted octanol–water partition coefficient (Wildman–Crippen LogP) is 1.01. The Labute approximate surface area is 108 Å². The highest BCUT2D eigenvalue weighted by Gasteiger charge is 2.22. The lowest BCUT2D eigenvalue weighted by molar-refractivity contribution is 0.0564. The van der Waals surface area contributed by atoms with Gasteiger partial charge >= 0.3 is 12.0 Å². The van der Waals surface area contributed by atoms with E-state index in [2.05, 4.69) is 9.69 Å². The molecule has 0 bridgehead atoms. The van der Waals surface area contributed by atoms with Crippen LogP contribution in [0.15, 0.2) is 0 Å². The van der Waals surface area contributed by atoms with Crippen molar-refractivity contribution in [3.05, 3.63) is 11.3 Å². The number of urea groups is 1. The summed E-state index contributed by atoms with van der Waals surface area (Å²) < 4.78 is 9.08. The zero-order valence-electron chi connectivity index (χ0n) is 9.80. The standard InChI is InChI=1S/C10H13N3O4S/c1-6-7(9(14)15)8(18-12-6)11-10(16)13-2-4-17-5-3-13/h2-5H2,1H3,(H,11,16)(H,14,15). The fraction of sp³-hybridized carbons (Fsp3) is 0.500. The van der Waals surface area contributed by atoms with E-state index in [9.17, 15) is 9.59 Å². The molecule has 2 N–H and O–H groups in total. The van der Waals surface area contributed by atoms with Gasteiger partial charge in [-0.05, 0) is 18.5 Å². The molecule has 0 radical (unpaired) electrons. The third kappa shape index (κ3) is 2.59. The minimum absolute atomic E-state index is 0.0570. The van der Waals surface area contributed by atoms with Crippen LogP contribution in [-0.2, 0) is 4.74 Å². The number of hydrogen-bond donors (Lipinski definition) is 2. The summed E-state index contributed by atoms with van der Waals surface area (Å²) in [7, 11) is 0. The van der Waals surface area contributed by atoms with E-state index in [-0.39, 0.29) is 16.6 Å². The number of carboxylic acid groups (broad SMARTS) is 1. The monoisotopic (exact) mass is 271 g/mol. The zero-order chi connectivity index (χ0) is 13.1. The van der Waals surface area contributed by atoms with Gasteiger partial charge in [-0.1, -0.05) is 0 Å². The molecule has 8 heteroatoms. The van der Waals surface area contributed by atoms with Crippen LogP contribution in [-0.4, -0.2) is 52.7 Å². The van der Waals surface area contributed by atoms with E-state index >= 15 is 0 Å². The van der Waals surface area contributed by atoms with Crippen LogP contribution in [0.3, 0.4) is 0 Å². The fourth-order valence-electron chi connectivity index (χ4n) is 1.65. The van der Waals surface area contributed by atoms with Gasteiger partial charge < -0.3 is 14.7 Å². The number of nitrogens with zero attached hydrogens (tertiary/aromatic N) is 2. The van der Waals surface area contributed by atoms with E-state index in [1.165, 1.54) is 0 Å². The molecule has 18 heavy (non-hydrogen) atoms. The van der Waals surface area contributed by atoms with Crippen molar-refractivity contribution < 1.29 is 19.4 Å². The first-order valence-electron chi connectivity index (χ1n) is 5.43. The van der Waals surface area contributed by atoms with Gasteiger partial charge in [0.1, 0.15) is 10.6 Å². The van der Waals surface area contributed by atoms with Crippen LogP contribution < -0.4 is 5.32 Å². The number of ether oxygens (including phenoxy) is 1. The van der Waals surface area contributed by atoms with Gasteiger partial charge in [0.25, 0.3) is 0 Å². The van der Waals surface area contributed by atoms with Crippen molar-refractivity contribution in [3.8, 4) is 0 Å². The third-order valence-corrected chi connectivity index (χ3v) is 3.45. The summed E-state index contributed by atoms with van der Waals surface area (Å²) in [5.74, 6) is -1.08. The van der Waals surface area contributed by atoms with E-state index < -0.39 is 5.97 Å². The second-order valence-electron chi connectivity index (χ2n) is 3.81. The highest BCUT2D eigenvalue weighted by atomic mass is 32.1. The molecule has 0 atom stereocenters. The maximum absolute atomic E-state index is 11.9. The maximum atomic E-state index is 11.9. The highest BCUT2D eigenvalue weighted by Crippen LogP contribution is 2.24. The first kappa shape index (κ1) is 12.8. The molecule has 0 saturated carbocycles. The molecular formula is C10H13N3O4S. The van der Waals surface area contributed by atoms with E-state index in [4.69, 9.17) is 9.84 Å². The first-order chi connectivity index (χ1) is 8.59. The number of carboxylic acids is 1. The van der Waals surface area contributed by atoms with Crippen LogP contribution in [0.5, 0.6) is 0 Å². The lowest BCUT2D eigenvalue weighted by Crippen LogP contribution is -2.43. The number of carbonyl (C=O) groups excluding carboxylic acids is 1. The Hall–Kier alpha value is -1.67. The largest absolute Gasteiger partial charge is 0.478 e. The van der Waals surface area contributed by atoms with Gasteiger partial charge in [-0.2, -0.15) is 4.37 Å². The molecule has 1 fully saturated rings. The Bertz CT molecular complexity index is 468. The van der Waals surface area contributed by atoms with Gasteiger partial charge in [0, 0.05) is 13.1 Å². The quantitative estimate of drug-likeness (QED) is 0.837. The zero-order valence-corrected chi connectivity index (χ0v) is 10.6. The van der Waals surface area contributed by atoms with Gasteiger partial charge in [-0.25, -0.2) is 9.59 Å². The summed E-state index contributed by atoms with van der Waals surface area (Å²) in [6.07, 6.45) is 0. The van der Waals surface area contributed by atoms with Crippen molar-refractivity contribution in [2.24, 2.45) is 0 Å². The Morgan fingerprint density at radius 3 is 2.72 bits per heavy atom. The van der Waals surface area contributed by atoms with Gasteiger partial charge in [0.15, 0.2) is 0 Å². The molecule has 2 heterocycles. The average Bonchev–Trinajstić information content (AvgIpc) is 2.71. The Morgan fingerprint density at radius 2 is 2.11 bits per heavy atom. The summed E-state index contributed by atoms with van der Waals surface area (Å²) in [6, 6.07) is -0.315. The third-order valence-electron chi connectivity index (χ3n) is 2.60. The van der Waals surface area contributed by atoms with Gasteiger partial charge in [-0.3, -0.25) is 5.32 Å². The molecule has 1 aromatic rings. The molecule has 1 aromatic heterocycles. The summed E-state index contributed by atoms with van der Waals surface area (Å²) in [5.41, 5.74) is 0.464. The topological polar surface area (TPSA) is 91.8 Å². The van der Waals surface area contributed by atoms with Crippen LogP contribution in [0.25, 0.3) is 0 Å². The summed E-state index contributed by atoms with van der Waals surface area (Å²) in [6.45, 7) is 3.62. The number of amides is 2. The molecule has 7 nitrogen and oxygen atoms in total. The average molecular weight is 271 g/mol. The second kappa shape index (κ2) is 5.32. The van der Waals surface area contributed by atoms with Crippen LogP contribution in [0.1, 0.15) is 16.1 Å². The molecule has 1 saturated heterocycles. The maximum Gasteiger partial charge on any atom is 0.340 e. The lowest BCUT2D eigenvalue weighted by atomic mass is 10.2. The summed E-state index contributed by atoms with van der Waals surface area (Å²) in [4.78, 5) is 24.5. The molecule has 2 amide bonds. The van der Waals surface area contributed by atoms with E-state index in [0.717, 1.165) is 11.5 Å². The Balaban J connectivity index is 2.09. The molecule has 1 aliphatic heterocycles. The fourth-order valence-corrected chi connectivity index (χ4v) is 2.43. The summed E-state index contributed by atoms with van der Waals surface area (Å²) in [5, 5.41) is 11.9.